The number of nitrogens with one attached hydrogen (secondary N) is 1. The Morgan fingerprint density at radius 1 is 1.15 bits per heavy atom. The van der Waals surface area contributed by atoms with E-state index in [0.29, 0.717) is 0 Å². The number of hydrogen-bond donors (Lipinski definition) is 1. The molecule has 0 radical (unpaired) electrons. The molecule has 2 nitrogen and oxygen atoms in total. The minimum atomic E-state index is -4.09. The van der Waals surface area contributed by atoms with Crippen LogP contribution >= 0.6 is 0 Å². The quantitative estimate of drug-likeness (QED) is 0.701. The molecule has 0 aliphatic heterocycles. The van der Waals surface area contributed by atoms with Crippen molar-refractivity contribution in [1.82, 2.24) is 5.32 Å². The third-order valence-corrected chi connectivity index (χ3v) is 4.35. The van der Waals surface area contributed by atoms with E-state index in [4.69, 9.17) is 4.74 Å². The largest absolute Gasteiger partial charge is 0.389 e. The molecule has 1 N–H and O–H groups in total. The molecule has 0 amide bonds. The fraction of sp³-hybridized carbons (Fsp3) is 1.00. The lowest BCUT2D eigenvalue weighted by Gasteiger charge is -2.40. The Kier molecular flexibility index (Phi) is 7.30. The minimum Gasteiger partial charge on any atom is -0.377 e. The van der Waals surface area contributed by atoms with Gasteiger partial charge < -0.3 is 10.1 Å². The lowest BCUT2D eigenvalue weighted by atomic mass is 9.83. The monoisotopic (exact) mass is 295 g/mol. The van der Waals surface area contributed by atoms with Crippen molar-refractivity contribution in [2.45, 2.75) is 82.5 Å². The molecule has 0 aromatic rings. The molecular weight excluding hydrogens is 267 g/mol. The van der Waals surface area contributed by atoms with Crippen LogP contribution in [0, 0.1) is 0 Å². The van der Waals surface area contributed by atoms with Crippen molar-refractivity contribution in [3.8, 4) is 0 Å². The first-order valence-electron chi connectivity index (χ1n) is 7.79. The van der Waals surface area contributed by atoms with Gasteiger partial charge in [0.2, 0.25) is 0 Å². The van der Waals surface area contributed by atoms with Crippen molar-refractivity contribution < 1.29 is 17.9 Å². The summed E-state index contributed by atoms with van der Waals surface area (Å²) in [5.41, 5.74) is -0.420. The Bertz CT molecular complexity index is 260. The maximum Gasteiger partial charge on any atom is 0.389 e. The minimum absolute atomic E-state index is 0.108. The zero-order valence-electron chi connectivity index (χ0n) is 12.7. The van der Waals surface area contributed by atoms with Gasteiger partial charge in [0, 0.05) is 19.6 Å². The Hall–Kier alpha value is -0.290. The number of halogens is 3. The Morgan fingerprint density at radius 3 is 2.20 bits per heavy atom. The van der Waals surface area contributed by atoms with Gasteiger partial charge in [-0.3, -0.25) is 0 Å². The molecule has 0 aromatic heterocycles. The van der Waals surface area contributed by atoms with Gasteiger partial charge in [0.05, 0.1) is 5.60 Å². The number of hydrogen-bond acceptors (Lipinski definition) is 2. The van der Waals surface area contributed by atoms with E-state index in [9.17, 15) is 13.2 Å². The van der Waals surface area contributed by atoms with E-state index in [1.54, 1.807) is 7.11 Å². The van der Waals surface area contributed by atoms with Crippen LogP contribution in [0.2, 0.25) is 0 Å². The van der Waals surface area contributed by atoms with E-state index >= 15 is 0 Å². The number of ether oxygens (including phenoxy) is 1. The molecule has 1 rings (SSSR count). The summed E-state index contributed by atoms with van der Waals surface area (Å²) in [5, 5.41) is 3.31. The van der Waals surface area contributed by atoms with Gasteiger partial charge in [0.25, 0.3) is 0 Å². The lowest BCUT2D eigenvalue weighted by Crippen LogP contribution is -2.52. The van der Waals surface area contributed by atoms with Gasteiger partial charge in [-0.25, -0.2) is 0 Å². The maximum atomic E-state index is 12.5. The number of alkyl halides is 3. The first kappa shape index (κ1) is 17.8. The van der Waals surface area contributed by atoms with Crippen LogP contribution < -0.4 is 5.32 Å². The van der Waals surface area contributed by atoms with Crippen LogP contribution in [0.4, 0.5) is 13.2 Å². The molecular formula is C15H28F3NO. The van der Waals surface area contributed by atoms with E-state index in [1.807, 2.05) is 6.92 Å². The van der Waals surface area contributed by atoms with Crippen LogP contribution in [-0.4, -0.2) is 31.5 Å². The lowest BCUT2D eigenvalue weighted by molar-refractivity contribution is -0.142. The first-order chi connectivity index (χ1) is 9.43. The van der Waals surface area contributed by atoms with Gasteiger partial charge in [0.1, 0.15) is 0 Å². The summed E-state index contributed by atoms with van der Waals surface area (Å²) < 4.78 is 43.4. The highest BCUT2D eigenvalue weighted by molar-refractivity contribution is 4.94. The fourth-order valence-corrected chi connectivity index (χ4v) is 3.20. The van der Waals surface area contributed by atoms with Gasteiger partial charge in [-0.2, -0.15) is 13.2 Å². The highest BCUT2D eigenvalue weighted by Crippen LogP contribution is 2.36. The second-order valence-corrected chi connectivity index (χ2v) is 5.84. The molecule has 0 saturated heterocycles. The van der Waals surface area contributed by atoms with Gasteiger partial charge in [-0.15, -0.1) is 0 Å². The summed E-state index contributed by atoms with van der Waals surface area (Å²) in [4.78, 5) is 0. The molecule has 20 heavy (non-hydrogen) atoms. The Morgan fingerprint density at radius 2 is 1.75 bits per heavy atom. The summed E-state index contributed by atoms with van der Waals surface area (Å²) in [7, 11) is 1.65. The molecule has 120 valence electrons. The second-order valence-electron chi connectivity index (χ2n) is 5.84. The van der Waals surface area contributed by atoms with Crippen LogP contribution in [0.5, 0.6) is 0 Å². The van der Waals surface area contributed by atoms with Gasteiger partial charge in [-0.05, 0) is 32.2 Å². The highest BCUT2D eigenvalue weighted by atomic mass is 19.4. The third kappa shape index (κ3) is 5.60. The molecule has 1 saturated carbocycles. The van der Waals surface area contributed by atoms with E-state index in [0.717, 1.165) is 51.5 Å². The fourth-order valence-electron chi connectivity index (χ4n) is 3.20. The normalized spacial score (nSPS) is 21.4. The van der Waals surface area contributed by atoms with Gasteiger partial charge in [0.15, 0.2) is 0 Å². The van der Waals surface area contributed by atoms with Crippen molar-refractivity contribution >= 4 is 0 Å². The van der Waals surface area contributed by atoms with E-state index in [-0.39, 0.29) is 12.5 Å². The average molecular weight is 295 g/mol. The number of methoxy groups -OCH3 is 1. The zero-order valence-corrected chi connectivity index (χ0v) is 12.7. The summed E-state index contributed by atoms with van der Waals surface area (Å²) in [6.07, 6.45) is 2.33. The molecule has 0 spiro atoms. The van der Waals surface area contributed by atoms with Gasteiger partial charge in [-0.1, -0.05) is 32.6 Å². The van der Waals surface area contributed by atoms with Crippen LogP contribution in [-0.2, 0) is 4.74 Å². The first-order valence-corrected chi connectivity index (χ1v) is 7.79. The second kappa shape index (κ2) is 8.23. The maximum absolute atomic E-state index is 12.5. The molecule has 0 heterocycles. The van der Waals surface area contributed by atoms with E-state index < -0.39 is 18.2 Å². The van der Waals surface area contributed by atoms with E-state index in [2.05, 4.69) is 5.32 Å². The summed E-state index contributed by atoms with van der Waals surface area (Å²) in [6.45, 7) is 2.77. The Labute approximate surface area is 120 Å². The molecule has 0 aromatic carbocycles. The summed E-state index contributed by atoms with van der Waals surface area (Å²) in [5.74, 6) is 0. The average Bonchev–Trinajstić information content (AvgIpc) is 2.64. The molecule has 1 fully saturated rings. The molecule has 0 bridgehead atoms. The van der Waals surface area contributed by atoms with Crippen LogP contribution in [0.25, 0.3) is 0 Å². The predicted octanol–water partition coefficient (Wildman–Crippen LogP) is 4.44. The summed E-state index contributed by atoms with van der Waals surface area (Å²) >= 11 is 0. The standard InChI is InChI=1S/C15H28F3NO/c1-3-12-19-13(8-11-15(16,17)18)14(20-2)9-6-4-5-7-10-14/h13,19H,3-12H2,1-2H3. The van der Waals surface area contributed by atoms with Crippen LogP contribution in [0.3, 0.4) is 0 Å². The van der Waals surface area contributed by atoms with Crippen molar-refractivity contribution in [1.29, 1.82) is 0 Å². The molecule has 1 unspecified atom stereocenters. The number of rotatable bonds is 7. The van der Waals surface area contributed by atoms with Crippen molar-refractivity contribution in [3.63, 3.8) is 0 Å². The van der Waals surface area contributed by atoms with E-state index in [1.165, 1.54) is 0 Å². The topological polar surface area (TPSA) is 21.3 Å². The highest BCUT2D eigenvalue weighted by Gasteiger charge is 2.40. The molecule has 1 aliphatic carbocycles. The zero-order chi connectivity index (χ0) is 15.1. The van der Waals surface area contributed by atoms with Gasteiger partial charge >= 0.3 is 6.18 Å². The third-order valence-electron chi connectivity index (χ3n) is 4.35. The molecule has 1 atom stereocenters. The van der Waals surface area contributed by atoms with Crippen molar-refractivity contribution in [2.24, 2.45) is 0 Å². The Balaban J connectivity index is 2.75. The SMILES string of the molecule is CCCNC(CCC(F)(F)F)C1(OC)CCCCCC1. The van der Waals surface area contributed by atoms with Crippen LogP contribution in [0.15, 0.2) is 0 Å². The van der Waals surface area contributed by atoms with Crippen molar-refractivity contribution in [2.75, 3.05) is 13.7 Å². The molecule has 5 heteroatoms. The smallest absolute Gasteiger partial charge is 0.377 e. The van der Waals surface area contributed by atoms with Crippen LogP contribution in [0.1, 0.15) is 64.7 Å². The molecule has 1 aliphatic rings. The predicted molar refractivity (Wildman–Crippen MR) is 74.8 cm³/mol. The van der Waals surface area contributed by atoms with Crippen molar-refractivity contribution in [3.05, 3.63) is 0 Å². The summed E-state index contributed by atoms with van der Waals surface area (Å²) in [6, 6.07) is -0.202.